The van der Waals surface area contributed by atoms with Gasteiger partial charge in [-0.05, 0) is 111 Å². The zero-order valence-electron chi connectivity index (χ0n) is 41.2. The number of fused-ring (bicyclic) bond motifs is 7. The Balaban J connectivity index is 1.09. The van der Waals surface area contributed by atoms with Gasteiger partial charge >= 0.3 is 17.9 Å². The second-order valence-corrected chi connectivity index (χ2v) is 23.5. The van der Waals surface area contributed by atoms with Crippen LogP contribution in [0.3, 0.4) is 0 Å². The highest BCUT2D eigenvalue weighted by atomic mass is 16.8. The van der Waals surface area contributed by atoms with Crippen molar-refractivity contribution >= 4 is 17.9 Å². The van der Waals surface area contributed by atoms with Gasteiger partial charge in [-0.1, -0.05) is 53.2 Å². The lowest BCUT2D eigenvalue weighted by Crippen LogP contribution is -2.67. The van der Waals surface area contributed by atoms with Crippen molar-refractivity contribution in [3.63, 3.8) is 0 Å². The first-order chi connectivity index (χ1) is 31.8. The summed E-state index contributed by atoms with van der Waals surface area (Å²) in [5, 5.41) is 76.8. The first kappa shape index (κ1) is 52.0. The molecule has 22 atom stereocenters. The lowest BCUT2D eigenvalue weighted by atomic mass is 9.33. The molecule has 0 bridgehead atoms. The highest BCUT2D eigenvalue weighted by Gasteiger charge is 2.70. The van der Waals surface area contributed by atoms with Crippen molar-refractivity contribution < 1.29 is 88.0 Å². The number of allylic oxidation sites excluding steroid dienone is 2. The lowest BCUT2D eigenvalue weighted by molar-refractivity contribution is -0.378. The molecule has 0 amide bonds. The van der Waals surface area contributed by atoms with E-state index in [0.29, 0.717) is 19.3 Å². The average molecular weight is 967 g/mol. The molecule has 0 spiro atoms. The number of carbonyl (C=O) groups excluding carboxylic acids is 2. The summed E-state index contributed by atoms with van der Waals surface area (Å²) in [7, 11) is 0. The third kappa shape index (κ3) is 8.39. The molecule has 0 aromatic carbocycles. The van der Waals surface area contributed by atoms with Gasteiger partial charge in [0.1, 0.15) is 42.7 Å². The Morgan fingerprint density at radius 1 is 0.721 bits per heavy atom. The van der Waals surface area contributed by atoms with Crippen LogP contribution in [0.25, 0.3) is 0 Å². The molecule has 68 heavy (non-hydrogen) atoms. The summed E-state index contributed by atoms with van der Waals surface area (Å²) in [4.78, 5) is 37.7. The standard InChI is InChI=1S/C50H78O18/c1-24-34(56)35(57)36(58)41(62-24)68-39-37(67-43-40(64-26(3)54)38(63-25(2)53)30(21-51)65-43)29(55)22-61-42(39)66-33-13-14-46(6)31(47(33,7)23-52)12-15-49(9)32(46)11-10-27-28-20-45(4,5)16-18-50(28,44(59)60)19-17-48(27,49)8/h10,24,28-43,51-52,55-58H,11-23H2,1-9H3,(H,59,60)/t24-,28?,29-,30-,31?,32?,33-,34-,35+,36+,37-,38-,39+,40+,41-,42+,43-,46-,47-,48+,49+,50-/m0/s1. The number of ether oxygens (including phenoxy) is 8. The van der Waals surface area contributed by atoms with Gasteiger partial charge < -0.3 is 73.6 Å². The smallest absolute Gasteiger partial charge is 0.310 e. The summed E-state index contributed by atoms with van der Waals surface area (Å²) < 4.78 is 48.7. The Labute approximate surface area is 399 Å². The van der Waals surface area contributed by atoms with E-state index in [1.807, 2.05) is 6.92 Å². The van der Waals surface area contributed by atoms with Crippen molar-refractivity contribution in [3.05, 3.63) is 11.6 Å². The number of hydrogen-bond donors (Lipinski definition) is 7. The molecular weight excluding hydrogens is 889 g/mol. The molecule has 8 aliphatic rings. The van der Waals surface area contributed by atoms with Crippen molar-refractivity contribution in [1.82, 2.24) is 0 Å². The van der Waals surface area contributed by atoms with Crippen molar-refractivity contribution in [2.24, 2.45) is 50.2 Å². The van der Waals surface area contributed by atoms with E-state index in [1.54, 1.807) is 0 Å². The zero-order valence-corrected chi connectivity index (χ0v) is 41.2. The molecule has 386 valence electrons. The first-order valence-corrected chi connectivity index (χ1v) is 24.9. The van der Waals surface area contributed by atoms with Crippen LogP contribution in [0.5, 0.6) is 0 Å². The number of rotatable bonds is 11. The van der Waals surface area contributed by atoms with E-state index in [9.17, 15) is 50.1 Å². The minimum atomic E-state index is -1.78. The Hall–Kier alpha value is -2.33. The minimum Gasteiger partial charge on any atom is -0.481 e. The molecule has 18 heteroatoms. The van der Waals surface area contributed by atoms with Crippen LogP contribution in [0.4, 0.5) is 0 Å². The molecule has 0 radical (unpaired) electrons. The van der Waals surface area contributed by atoms with Gasteiger partial charge in [-0.15, -0.1) is 0 Å². The van der Waals surface area contributed by atoms with Gasteiger partial charge in [0.25, 0.3) is 0 Å². The van der Waals surface area contributed by atoms with Crippen LogP contribution < -0.4 is 0 Å². The molecule has 3 unspecified atom stereocenters. The molecule has 3 saturated heterocycles. The minimum absolute atomic E-state index is 0.0227. The molecule has 3 heterocycles. The highest BCUT2D eigenvalue weighted by molar-refractivity contribution is 5.76. The second-order valence-electron chi connectivity index (χ2n) is 23.5. The SMILES string of the molecule is CC(=O)O[C@@H]1[C@@H](OC(C)=O)[C@H](O[C@@H]2[C@@H](O[C@@H]3O[C@@H](C)[C@H](O)[C@@H](O)[C@H]3O)[C@@H](O[C@H]3CC[C@@]4(C)C(CC[C@]5(C)C4CC=C4C6CC(C)(C)CC[C@]6(C(=O)O)CC[C@]45C)[C@]3(C)CO)OC[C@@H]2O)O[C@H]1CO. The fourth-order valence-electron chi connectivity index (χ4n) is 15.2. The van der Waals surface area contributed by atoms with Crippen molar-refractivity contribution in [2.75, 3.05) is 19.8 Å². The van der Waals surface area contributed by atoms with Crippen LogP contribution in [0.1, 0.15) is 127 Å². The van der Waals surface area contributed by atoms with Gasteiger partial charge in [-0.25, -0.2) is 0 Å². The van der Waals surface area contributed by atoms with Gasteiger partial charge in [-0.3, -0.25) is 14.4 Å². The average Bonchev–Trinajstić information content (AvgIpc) is 3.58. The van der Waals surface area contributed by atoms with Crippen LogP contribution in [0.2, 0.25) is 0 Å². The summed E-state index contributed by atoms with van der Waals surface area (Å²) in [5.74, 6) is -2.01. The molecule has 7 N–H and O–H groups in total. The molecule has 8 rings (SSSR count). The van der Waals surface area contributed by atoms with Gasteiger partial charge in [0, 0.05) is 19.3 Å². The summed E-state index contributed by atoms with van der Waals surface area (Å²) in [6.45, 7) is 16.3. The van der Waals surface area contributed by atoms with Crippen molar-refractivity contribution in [3.8, 4) is 0 Å². The van der Waals surface area contributed by atoms with Crippen molar-refractivity contribution in [2.45, 2.75) is 213 Å². The second kappa shape index (κ2) is 18.6. The van der Waals surface area contributed by atoms with Gasteiger partial charge in [-0.2, -0.15) is 0 Å². The van der Waals surface area contributed by atoms with E-state index in [4.69, 9.17) is 37.9 Å². The maximum absolute atomic E-state index is 13.2. The molecule has 0 aromatic rings. The zero-order chi connectivity index (χ0) is 49.7. The predicted octanol–water partition coefficient (Wildman–Crippen LogP) is 3.13. The number of aliphatic hydroxyl groups excluding tert-OH is 6. The van der Waals surface area contributed by atoms with Crippen LogP contribution in [0, 0.1) is 50.2 Å². The molecule has 5 aliphatic carbocycles. The van der Waals surface area contributed by atoms with E-state index in [1.165, 1.54) is 12.5 Å². The largest absolute Gasteiger partial charge is 0.481 e. The Kier molecular flexibility index (Phi) is 14.2. The summed E-state index contributed by atoms with van der Waals surface area (Å²) in [6, 6.07) is 0. The molecule has 0 aromatic heterocycles. The van der Waals surface area contributed by atoms with Gasteiger partial charge in [0.05, 0.1) is 37.4 Å². The number of aliphatic carboxylic acids is 1. The fraction of sp³-hybridized carbons (Fsp3) is 0.900. The van der Waals surface area contributed by atoms with Crippen LogP contribution in [0.15, 0.2) is 11.6 Å². The number of carboxylic acids is 1. The normalized spacial score (nSPS) is 50.9. The Morgan fingerprint density at radius 3 is 2.03 bits per heavy atom. The van der Waals surface area contributed by atoms with Gasteiger partial charge in [0.2, 0.25) is 0 Å². The quantitative estimate of drug-likeness (QED) is 0.0891. The summed E-state index contributed by atoms with van der Waals surface area (Å²) in [6.07, 6.45) is -9.35. The number of carbonyl (C=O) groups is 3. The van der Waals surface area contributed by atoms with E-state index in [2.05, 4.69) is 40.7 Å². The van der Waals surface area contributed by atoms with Crippen LogP contribution >= 0.6 is 0 Å². The third-order valence-corrected chi connectivity index (χ3v) is 19.3. The summed E-state index contributed by atoms with van der Waals surface area (Å²) >= 11 is 0. The fourth-order valence-corrected chi connectivity index (χ4v) is 15.2. The van der Waals surface area contributed by atoms with Crippen LogP contribution in [-0.2, 0) is 52.3 Å². The van der Waals surface area contributed by atoms with Gasteiger partial charge in [0.15, 0.2) is 31.1 Å². The molecule has 4 saturated carbocycles. The lowest BCUT2D eigenvalue weighted by Gasteiger charge is -2.71. The first-order valence-electron chi connectivity index (χ1n) is 24.9. The monoisotopic (exact) mass is 967 g/mol. The number of carboxylic acid groups (broad SMARTS) is 1. The topological polar surface area (TPSA) is 267 Å². The van der Waals surface area contributed by atoms with Crippen LogP contribution in [-0.4, -0.2) is 159 Å². The number of esters is 2. The van der Waals surface area contributed by atoms with E-state index in [0.717, 1.165) is 58.8 Å². The number of hydrogen-bond acceptors (Lipinski definition) is 17. The Morgan fingerprint density at radius 2 is 1.38 bits per heavy atom. The molecule has 7 fully saturated rings. The molecule has 3 aliphatic heterocycles. The molecular formula is C50H78O18. The predicted molar refractivity (Wildman–Crippen MR) is 238 cm³/mol. The number of aliphatic hydroxyl groups is 6. The maximum atomic E-state index is 13.2. The van der Waals surface area contributed by atoms with E-state index >= 15 is 0 Å². The maximum Gasteiger partial charge on any atom is 0.310 e. The summed E-state index contributed by atoms with van der Waals surface area (Å²) in [5.41, 5.74) is -0.817. The highest BCUT2D eigenvalue weighted by Crippen LogP contribution is 2.76. The molecule has 18 nitrogen and oxygen atoms in total. The van der Waals surface area contributed by atoms with Crippen molar-refractivity contribution in [1.29, 1.82) is 0 Å². The van der Waals surface area contributed by atoms with E-state index < -0.39 is 121 Å². The van der Waals surface area contributed by atoms with E-state index in [-0.39, 0.29) is 52.6 Å². The third-order valence-electron chi connectivity index (χ3n) is 19.3. The Bertz CT molecular complexity index is 1930.